The fraction of sp³-hybridized carbons (Fsp3) is 0.500. The molecule has 0 atom stereocenters. The predicted molar refractivity (Wildman–Crippen MR) is 81.9 cm³/mol. The first-order valence-corrected chi connectivity index (χ1v) is 7.29. The third-order valence-corrected chi connectivity index (χ3v) is 3.79. The Morgan fingerprint density at radius 3 is 2.67 bits per heavy atom. The number of hydrogen-bond acceptors (Lipinski definition) is 4. The van der Waals surface area contributed by atoms with E-state index in [1.54, 1.807) is 26.5 Å². The number of hydrogen-bond donors (Lipinski definition) is 1. The molecule has 0 aromatic heterocycles. The van der Waals surface area contributed by atoms with E-state index in [1.165, 1.54) is 6.42 Å². The van der Waals surface area contributed by atoms with Crippen LogP contribution in [0.2, 0.25) is 0 Å². The van der Waals surface area contributed by atoms with Gasteiger partial charge in [0.25, 0.3) is 0 Å². The first kappa shape index (κ1) is 15.4. The van der Waals surface area contributed by atoms with Crippen molar-refractivity contribution in [2.45, 2.75) is 32.1 Å². The molecular weight excluding hydrogens is 268 g/mol. The van der Waals surface area contributed by atoms with E-state index in [9.17, 15) is 4.79 Å². The first-order chi connectivity index (χ1) is 10.2. The zero-order chi connectivity index (χ0) is 15.1. The van der Waals surface area contributed by atoms with Gasteiger partial charge in [0.2, 0.25) is 5.91 Å². The number of carbonyl (C=O) groups is 1. The summed E-state index contributed by atoms with van der Waals surface area (Å²) in [5, 5.41) is 4.04. The van der Waals surface area contributed by atoms with Crippen LogP contribution in [0.15, 0.2) is 23.3 Å². The summed E-state index contributed by atoms with van der Waals surface area (Å²) in [6.45, 7) is 0. The van der Waals surface area contributed by atoms with Gasteiger partial charge < -0.3 is 9.47 Å². The topological polar surface area (TPSA) is 59.9 Å². The highest BCUT2D eigenvalue weighted by Gasteiger charge is 2.20. The zero-order valence-corrected chi connectivity index (χ0v) is 12.6. The molecule has 1 amide bonds. The van der Waals surface area contributed by atoms with Crippen molar-refractivity contribution in [1.29, 1.82) is 0 Å². The minimum Gasteiger partial charge on any atom is -0.497 e. The van der Waals surface area contributed by atoms with Crippen molar-refractivity contribution < 1.29 is 14.3 Å². The summed E-state index contributed by atoms with van der Waals surface area (Å²) in [6, 6.07) is 5.45. The molecule has 5 heteroatoms. The van der Waals surface area contributed by atoms with Gasteiger partial charge in [0.15, 0.2) is 0 Å². The van der Waals surface area contributed by atoms with Crippen LogP contribution in [0.1, 0.15) is 37.7 Å². The summed E-state index contributed by atoms with van der Waals surface area (Å²) in [7, 11) is 3.19. The molecule has 21 heavy (non-hydrogen) atoms. The average molecular weight is 290 g/mol. The molecule has 0 unspecified atom stereocenters. The highest BCUT2D eigenvalue weighted by atomic mass is 16.5. The Morgan fingerprint density at radius 2 is 2.00 bits per heavy atom. The number of nitrogens with one attached hydrogen (secondary N) is 1. The summed E-state index contributed by atoms with van der Waals surface area (Å²) >= 11 is 0. The zero-order valence-electron chi connectivity index (χ0n) is 12.6. The summed E-state index contributed by atoms with van der Waals surface area (Å²) in [5.41, 5.74) is 3.42. The Balaban J connectivity index is 1.95. The molecule has 0 radical (unpaired) electrons. The quantitative estimate of drug-likeness (QED) is 0.670. The van der Waals surface area contributed by atoms with E-state index >= 15 is 0 Å². The fourth-order valence-corrected chi connectivity index (χ4v) is 2.55. The van der Waals surface area contributed by atoms with Crippen molar-refractivity contribution in [2.75, 3.05) is 14.2 Å². The number of carbonyl (C=O) groups excluding carboxylic acids is 1. The van der Waals surface area contributed by atoms with Gasteiger partial charge in [0.05, 0.1) is 20.4 Å². The average Bonchev–Trinajstić information content (AvgIpc) is 2.55. The molecule has 0 aliphatic heterocycles. The van der Waals surface area contributed by atoms with Gasteiger partial charge in [-0.05, 0) is 25.0 Å². The summed E-state index contributed by atoms with van der Waals surface area (Å²) in [5.74, 6) is 1.49. The molecule has 0 bridgehead atoms. The highest BCUT2D eigenvalue weighted by molar-refractivity contribution is 5.86. The van der Waals surface area contributed by atoms with Crippen molar-refractivity contribution in [2.24, 2.45) is 11.0 Å². The van der Waals surface area contributed by atoms with Gasteiger partial charge in [-0.25, -0.2) is 5.43 Å². The maximum atomic E-state index is 12.0. The number of nitrogens with zero attached hydrogens (tertiary/aromatic N) is 1. The normalized spacial score (nSPS) is 15.9. The van der Waals surface area contributed by atoms with E-state index in [4.69, 9.17) is 9.47 Å². The van der Waals surface area contributed by atoms with Crippen molar-refractivity contribution in [1.82, 2.24) is 5.43 Å². The largest absolute Gasteiger partial charge is 0.497 e. The summed E-state index contributed by atoms with van der Waals surface area (Å²) < 4.78 is 10.4. The number of benzene rings is 1. The maximum absolute atomic E-state index is 12.0. The Labute approximate surface area is 125 Å². The molecule has 1 aromatic carbocycles. The molecule has 1 aliphatic carbocycles. The van der Waals surface area contributed by atoms with Crippen molar-refractivity contribution >= 4 is 12.1 Å². The molecule has 1 fully saturated rings. The van der Waals surface area contributed by atoms with E-state index < -0.39 is 0 Å². The monoisotopic (exact) mass is 290 g/mol. The second-order valence-electron chi connectivity index (χ2n) is 5.18. The standard InChI is InChI=1S/C16H22N2O3/c1-20-14-9-8-13(15(10-14)21-2)11-17-18-16(19)12-6-4-3-5-7-12/h8-12H,3-7H2,1-2H3,(H,18,19). The molecule has 0 saturated heterocycles. The van der Waals surface area contributed by atoms with Crippen LogP contribution >= 0.6 is 0 Å². The Kier molecular flexibility index (Phi) is 5.60. The first-order valence-electron chi connectivity index (χ1n) is 7.29. The summed E-state index contributed by atoms with van der Waals surface area (Å²) in [6.07, 6.45) is 7.03. The molecule has 1 aromatic rings. The molecule has 1 aliphatic rings. The molecule has 0 spiro atoms. The number of methoxy groups -OCH3 is 2. The second-order valence-corrected chi connectivity index (χ2v) is 5.18. The third-order valence-electron chi connectivity index (χ3n) is 3.79. The van der Waals surface area contributed by atoms with Crippen LogP contribution < -0.4 is 14.9 Å². The van der Waals surface area contributed by atoms with Crippen LogP contribution in [0.5, 0.6) is 11.5 Å². The Hall–Kier alpha value is -2.04. The number of hydrazone groups is 1. The van der Waals surface area contributed by atoms with Crippen molar-refractivity contribution in [3.8, 4) is 11.5 Å². The van der Waals surface area contributed by atoms with E-state index in [2.05, 4.69) is 10.5 Å². The lowest BCUT2D eigenvalue weighted by Crippen LogP contribution is -2.28. The van der Waals surface area contributed by atoms with Gasteiger partial charge in [-0.1, -0.05) is 19.3 Å². The van der Waals surface area contributed by atoms with E-state index in [0.29, 0.717) is 5.75 Å². The SMILES string of the molecule is COc1ccc(C=NNC(=O)C2CCCCC2)c(OC)c1. The van der Waals surface area contributed by atoms with Crippen molar-refractivity contribution in [3.63, 3.8) is 0 Å². The second kappa shape index (κ2) is 7.67. The predicted octanol–water partition coefficient (Wildman–Crippen LogP) is 2.73. The molecule has 1 saturated carbocycles. The molecule has 114 valence electrons. The van der Waals surface area contributed by atoms with Gasteiger partial charge in [-0.15, -0.1) is 0 Å². The molecule has 2 rings (SSSR count). The van der Waals surface area contributed by atoms with Crippen LogP contribution in [0.25, 0.3) is 0 Å². The fourth-order valence-electron chi connectivity index (χ4n) is 2.55. The van der Waals surface area contributed by atoms with Crippen LogP contribution in [-0.2, 0) is 4.79 Å². The highest BCUT2D eigenvalue weighted by Crippen LogP contribution is 2.24. The number of amides is 1. The molecular formula is C16H22N2O3. The van der Waals surface area contributed by atoms with Gasteiger partial charge in [-0.3, -0.25) is 4.79 Å². The van der Waals surface area contributed by atoms with Gasteiger partial charge >= 0.3 is 0 Å². The number of rotatable bonds is 5. The Morgan fingerprint density at radius 1 is 1.24 bits per heavy atom. The van der Waals surface area contributed by atoms with E-state index in [-0.39, 0.29) is 11.8 Å². The minimum absolute atomic E-state index is 0.0124. The lowest BCUT2D eigenvalue weighted by molar-refractivity contribution is -0.125. The van der Waals surface area contributed by atoms with Crippen LogP contribution in [-0.4, -0.2) is 26.3 Å². The number of ether oxygens (including phenoxy) is 2. The van der Waals surface area contributed by atoms with E-state index in [1.807, 2.05) is 12.1 Å². The van der Waals surface area contributed by atoms with Gasteiger partial charge in [-0.2, -0.15) is 5.10 Å². The van der Waals surface area contributed by atoms with Crippen LogP contribution in [0, 0.1) is 5.92 Å². The van der Waals surface area contributed by atoms with Crippen LogP contribution in [0.3, 0.4) is 0 Å². The van der Waals surface area contributed by atoms with Gasteiger partial charge in [0, 0.05) is 17.5 Å². The lowest BCUT2D eigenvalue weighted by atomic mass is 9.89. The summed E-state index contributed by atoms with van der Waals surface area (Å²) in [4.78, 5) is 12.0. The minimum atomic E-state index is 0.0124. The molecule has 5 nitrogen and oxygen atoms in total. The maximum Gasteiger partial charge on any atom is 0.243 e. The smallest absolute Gasteiger partial charge is 0.243 e. The van der Waals surface area contributed by atoms with Crippen molar-refractivity contribution in [3.05, 3.63) is 23.8 Å². The lowest BCUT2D eigenvalue weighted by Gasteiger charge is -2.19. The Bertz CT molecular complexity index is 508. The van der Waals surface area contributed by atoms with E-state index in [0.717, 1.165) is 37.0 Å². The molecule has 0 heterocycles. The van der Waals surface area contributed by atoms with Crippen LogP contribution in [0.4, 0.5) is 0 Å². The third kappa shape index (κ3) is 4.21. The molecule has 1 N–H and O–H groups in total. The van der Waals surface area contributed by atoms with Gasteiger partial charge in [0.1, 0.15) is 11.5 Å².